The summed E-state index contributed by atoms with van der Waals surface area (Å²) < 4.78 is 22.3. The molecule has 162 valence electrons. The van der Waals surface area contributed by atoms with Crippen molar-refractivity contribution in [1.82, 2.24) is 4.90 Å². The summed E-state index contributed by atoms with van der Waals surface area (Å²) in [6.45, 7) is 0.932. The second-order valence-corrected chi connectivity index (χ2v) is 8.08. The van der Waals surface area contributed by atoms with Gasteiger partial charge in [0.05, 0.1) is 32.2 Å². The lowest BCUT2D eigenvalue weighted by atomic mass is 9.92. The molecule has 1 aliphatic heterocycles. The van der Waals surface area contributed by atoms with Gasteiger partial charge < -0.3 is 23.8 Å². The van der Waals surface area contributed by atoms with Gasteiger partial charge in [-0.15, -0.1) is 11.3 Å². The highest BCUT2D eigenvalue weighted by molar-refractivity contribution is 7.12. The molecule has 4 rings (SSSR count). The Morgan fingerprint density at radius 3 is 2.35 bits per heavy atom. The van der Waals surface area contributed by atoms with Crippen LogP contribution in [0.5, 0.6) is 23.0 Å². The third-order valence-electron chi connectivity index (χ3n) is 5.46. The van der Waals surface area contributed by atoms with Crippen LogP contribution >= 0.6 is 11.3 Å². The fourth-order valence-corrected chi connectivity index (χ4v) is 4.52. The highest BCUT2D eigenvalue weighted by Gasteiger charge is 2.33. The molecule has 1 aliphatic rings. The quantitative estimate of drug-likeness (QED) is 0.539. The molecule has 0 saturated carbocycles. The fraction of sp³-hybridized carbons (Fsp3) is 0.292. The van der Waals surface area contributed by atoms with Gasteiger partial charge in [-0.3, -0.25) is 4.79 Å². The van der Waals surface area contributed by atoms with Crippen LogP contribution in [0.1, 0.15) is 26.8 Å². The van der Waals surface area contributed by atoms with Crippen LogP contribution in [0.3, 0.4) is 0 Å². The molecule has 7 heteroatoms. The molecule has 0 saturated heterocycles. The molecule has 0 N–H and O–H groups in total. The van der Waals surface area contributed by atoms with Crippen molar-refractivity contribution in [1.29, 1.82) is 0 Å². The molecule has 31 heavy (non-hydrogen) atoms. The van der Waals surface area contributed by atoms with Crippen LogP contribution in [-0.2, 0) is 6.42 Å². The number of hydrogen-bond donors (Lipinski definition) is 0. The summed E-state index contributed by atoms with van der Waals surface area (Å²) in [6, 6.07) is 14.9. The first kappa shape index (κ1) is 21.1. The number of methoxy groups -OCH3 is 3. The molecule has 6 nitrogen and oxygen atoms in total. The molecule has 0 spiro atoms. The topological polar surface area (TPSA) is 57.2 Å². The van der Waals surface area contributed by atoms with Gasteiger partial charge in [0.1, 0.15) is 18.1 Å². The number of ether oxygens (including phenoxy) is 4. The van der Waals surface area contributed by atoms with Crippen LogP contribution in [0.25, 0.3) is 0 Å². The van der Waals surface area contributed by atoms with Crippen LogP contribution < -0.4 is 18.9 Å². The van der Waals surface area contributed by atoms with Gasteiger partial charge in [-0.1, -0.05) is 6.07 Å². The second-order valence-electron chi connectivity index (χ2n) is 7.13. The zero-order valence-electron chi connectivity index (χ0n) is 17.8. The van der Waals surface area contributed by atoms with Gasteiger partial charge in [0, 0.05) is 6.54 Å². The summed E-state index contributed by atoms with van der Waals surface area (Å²) in [5.74, 6) is 2.83. The number of rotatable bonds is 7. The predicted octanol–water partition coefficient (Wildman–Crippen LogP) is 4.59. The number of benzene rings is 2. The first-order valence-corrected chi connectivity index (χ1v) is 10.9. The second kappa shape index (κ2) is 9.31. The van der Waals surface area contributed by atoms with Crippen LogP contribution in [0.15, 0.2) is 53.9 Å². The van der Waals surface area contributed by atoms with E-state index in [1.807, 2.05) is 58.8 Å². The molecule has 0 unspecified atom stereocenters. The summed E-state index contributed by atoms with van der Waals surface area (Å²) in [7, 11) is 4.87. The van der Waals surface area contributed by atoms with Crippen LogP contribution in [0, 0.1) is 0 Å². The van der Waals surface area contributed by atoms with Crippen LogP contribution in [0.4, 0.5) is 0 Å². The monoisotopic (exact) mass is 439 g/mol. The maximum absolute atomic E-state index is 13.3. The lowest BCUT2D eigenvalue weighted by Crippen LogP contribution is -2.42. The highest BCUT2D eigenvalue weighted by atomic mass is 32.1. The number of hydrogen-bond acceptors (Lipinski definition) is 6. The SMILES string of the molecule is COc1ccc(OC[C@@H]2c3cc(OC)c(OC)cc3CCN2C(=O)c2cccs2)cc1. The molecule has 2 heterocycles. The van der Waals surface area contributed by atoms with Crippen molar-refractivity contribution < 1.29 is 23.7 Å². The molecule has 3 aromatic rings. The van der Waals surface area contributed by atoms with Crippen molar-refractivity contribution in [3.05, 3.63) is 69.9 Å². The van der Waals surface area contributed by atoms with E-state index in [1.165, 1.54) is 11.3 Å². The van der Waals surface area contributed by atoms with Crippen molar-refractivity contribution in [2.45, 2.75) is 12.5 Å². The van der Waals surface area contributed by atoms with E-state index in [0.717, 1.165) is 33.9 Å². The zero-order chi connectivity index (χ0) is 21.8. The van der Waals surface area contributed by atoms with E-state index in [4.69, 9.17) is 18.9 Å². The molecule has 0 bridgehead atoms. The number of carbonyl (C=O) groups excluding carboxylic acids is 1. The van der Waals surface area contributed by atoms with Crippen molar-refractivity contribution in [3.8, 4) is 23.0 Å². The van der Waals surface area contributed by atoms with Gasteiger partial charge in [-0.25, -0.2) is 0 Å². The average molecular weight is 440 g/mol. The van der Waals surface area contributed by atoms with E-state index in [2.05, 4.69) is 0 Å². The predicted molar refractivity (Wildman–Crippen MR) is 120 cm³/mol. The molecule has 0 radical (unpaired) electrons. The van der Waals surface area contributed by atoms with Crippen molar-refractivity contribution >= 4 is 17.2 Å². The molecule has 1 amide bonds. The summed E-state index contributed by atoms with van der Waals surface area (Å²) in [6.07, 6.45) is 0.742. The molecule has 0 fully saturated rings. The minimum Gasteiger partial charge on any atom is -0.497 e. The summed E-state index contributed by atoms with van der Waals surface area (Å²) in [4.78, 5) is 15.9. The molecule has 1 aromatic heterocycles. The standard InChI is InChI=1S/C24H25NO5S/c1-27-17-6-8-18(9-7-17)30-15-20-19-14-22(29-3)21(28-2)13-16(19)10-11-25(20)24(26)23-5-4-12-31-23/h4-9,12-14,20H,10-11,15H2,1-3H3/t20-/m1/s1. The Balaban J connectivity index is 1.67. The smallest absolute Gasteiger partial charge is 0.264 e. The minimum absolute atomic E-state index is 0.0127. The summed E-state index contributed by atoms with van der Waals surface area (Å²) in [5.41, 5.74) is 2.15. The molecule has 2 aromatic carbocycles. The van der Waals surface area contributed by atoms with Crippen molar-refractivity contribution in [2.24, 2.45) is 0 Å². The Morgan fingerprint density at radius 1 is 1.00 bits per heavy atom. The van der Waals surface area contributed by atoms with E-state index in [1.54, 1.807) is 21.3 Å². The molecular formula is C24H25NO5S. The van der Waals surface area contributed by atoms with Gasteiger partial charge in [0.25, 0.3) is 5.91 Å². The Bertz CT molecular complexity index is 1030. The normalized spacial score (nSPS) is 15.2. The number of carbonyl (C=O) groups is 1. The maximum Gasteiger partial charge on any atom is 0.264 e. The Labute approximate surface area is 185 Å². The number of amides is 1. The van der Waals surface area contributed by atoms with Crippen molar-refractivity contribution in [2.75, 3.05) is 34.5 Å². The Morgan fingerprint density at radius 2 is 1.71 bits per heavy atom. The Kier molecular flexibility index (Phi) is 6.32. The molecule has 0 aliphatic carbocycles. The van der Waals surface area contributed by atoms with Gasteiger partial charge in [0.15, 0.2) is 11.5 Å². The third-order valence-corrected chi connectivity index (χ3v) is 6.32. The zero-order valence-corrected chi connectivity index (χ0v) is 18.6. The van der Waals surface area contributed by atoms with Gasteiger partial charge in [0.2, 0.25) is 0 Å². The lowest BCUT2D eigenvalue weighted by molar-refractivity contribution is 0.0594. The molecule has 1 atom stereocenters. The minimum atomic E-state index is -0.250. The number of nitrogens with zero attached hydrogens (tertiary/aromatic N) is 1. The summed E-state index contributed by atoms with van der Waals surface area (Å²) >= 11 is 1.45. The van der Waals surface area contributed by atoms with Crippen LogP contribution in [-0.4, -0.2) is 45.3 Å². The fourth-order valence-electron chi connectivity index (χ4n) is 3.84. The third kappa shape index (κ3) is 4.32. The maximum atomic E-state index is 13.3. The van der Waals surface area contributed by atoms with Crippen molar-refractivity contribution in [3.63, 3.8) is 0 Å². The van der Waals surface area contributed by atoms with E-state index >= 15 is 0 Å². The van der Waals surface area contributed by atoms with E-state index in [9.17, 15) is 4.79 Å². The first-order valence-electron chi connectivity index (χ1n) is 10.0. The Hall–Kier alpha value is -3.19. The van der Waals surface area contributed by atoms with Gasteiger partial charge >= 0.3 is 0 Å². The van der Waals surface area contributed by atoms with E-state index < -0.39 is 0 Å². The largest absolute Gasteiger partial charge is 0.497 e. The van der Waals surface area contributed by atoms with Crippen LogP contribution in [0.2, 0.25) is 0 Å². The van der Waals surface area contributed by atoms with Gasteiger partial charge in [-0.05, 0) is 65.4 Å². The average Bonchev–Trinajstić information content (AvgIpc) is 3.36. The highest BCUT2D eigenvalue weighted by Crippen LogP contribution is 2.39. The number of thiophene rings is 1. The molecular weight excluding hydrogens is 414 g/mol. The first-order chi connectivity index (χ1) is 15.1. The van der Waals surface area contributed by atoms with E-state index in [0.29, 0.717) is 24.7 Å². The van der Waals surface area contributed by atoms with E-state index in [-0.39, 0.29) is 11.9 Å². The van der Waals surface area contributed by atoms with Gasteiger partial charge in [-0.2, -0.15) is 0 Å². The lowest BCUT2D eigenvalue weighted by Gasteiger charge is -2.37. The summed E-state index contributed by atoms with van der Waals surface area (Å²) in [5, 5.41) is 1.92. The number of fused-ring (bicyclic) bond motifs is 1.